The standard InChI is InChI=1S/C14H21NOS/c15-8-10-17-11-9-16-14-7-3-5-12-4-1-2-6-13(12)14/h3,5,7H,1-2,4,6,8-11,15H2. The van der Waals surface area contributed by atoms with E-state index >= 15 is 0 Å². The zero-order chi connectivity index (χ0) is 11.9. The highest BCUT2D eigenvalue weighted by Gasteiger charge is 2.13. The summed E-state index contributed by atoms with van der Waals surface area (Å²) in [5.74, 6) is 3.16. The van der Waals surface area contributed by atoms with E-state index in [1.54, 1.807) is 0 Å². The summed E-state index contributed by atoms with van der Waals surface area (Å²) in [5, 5.41) is 0. The highest BCUT2D eigenvalue weighted by atomic mass is 32.2. The lowest BCUT2D eigenvalue weighted by Gasteiger charge is -2.19. The van der Waals surface area contributed by atoms with Crippen LogP contribution in [-0.4, -0.2) is 24.7 Å². The van der Waals surface area contributed by atoms with E-state index < -0.39 is 0 Å². The van der Waals surface area contributed by atoms with Gasteiger partial charge in [0.1, 0.15) is 5.75 Å². The van der Waals surface area contributed by atoms with Gasteiger partial charge >= 0.3 is 0 Å². The van der Waals surface area contributed by atoms with Crippen molar-refractivity contribution < 1.29 is 4.74 Å². The van der Waals surface area contributed by atoms with Crippen LogP contribution < -0.4 is 10.5 Å². The van der Waals surface area contributed by atoms with Gasteiger partial charge in [-0.1, -0.05) is 12.1 Å². The number of thioether (sulfide) groups is 1. The van der Waals surface area contributed by atoms with Crippen molar-refractivity contribution >= 4 is 11.8 Å². The number of nitrogens with two attached hydrogens (primary N) is 1. The zero-order valence-corrected chi connectivity index (χ0v) is 11.1. The number of hydrogen-bond donors (Lipinski definition) is 1. The lowest BCUT2D eigenvalue weighted by Crippen LogP contribution is -2.09. The van der Waals surface area contributed by atoms with Gasteiger partial charge in [-0.25, -0.2) is 0 Å². The Morgan fingerprint density at radius 2 is 2.06 bits per heavy atom. The van der Waals surface area contributed by atoms with Gasteiger partial charge < -0.3 is 10.5 Å². The third-order valence-electron chi connectivity index (χ3n) is 3.10. The zero-order valence-electron chi connectivity index (χ0n) is 10.3. The van der Waals surface area contributed by atoms with Crippen LogP contribution in [-0.2, 0) is 12.8 Å². The van der Waals surface area contributed by atoms with E-state index in [0.717, 1.165) is 30.4 Å². The molecule has 0 heterocycles. The molecule has 3 heteroatoms. The van der Waals surface area contributed by atoms with Gasteiger partial charge in [0, 0.05) is 18.1 Å². The number of hydrogen-bond acceptors (Lipinski definition) is 3. The summed E-state index contributed by atoms with van der Waals surface area (Å²) in [6.45, 7) is 1.55. The Morgan fingerprint density at radius 3 is 2.94 bits per heavy atom. The van der Waals surface area contributed by atoms with Crippen molar-refractivity contribution in [1.29, 1.82) is 0 Å². The van der Waals surface area contributed by atoms with Crippen molar-refractivity contribution in [1.82, 2.24) is 0 Å². The molecule has 1 aromatic rings. The minimum Gasteiger partial charge on any atom is -0.492 e. The van der Waals surface area contributed by atoms with Gasteiger partial charge in [0.15, 0.2) is 0 Å². The number of rotatable bonds is 6. The average Bonchev–Trinajstić information content (AvgIpc) is 2.39. The van der Waals surface area contributed by atoms with Crippen LogP contribution in [0, 0.1) is 0 Å². The molecule has 0 radical (unpaired) electrons. The molecule has 0 bridgehead atoms. The fraction of sp³-hybridized carbons (Fsp3) is 0.571. The third-order valence-corrected chi connectivity index (χ3v) is 4.08. The predicted molar refractivity (Wildman–Crippen MR) is 75.0 cm³/mol. The van der Waals surface area contributed by atoms with Crippen LogP contribution in [0.3, 0.4) is 0 Å². The summed E-state index contributed by atoms with van der Waals surface area (Å²) in [5.41, 5.74) is 8.39. The molecule has 0 spiro atoms. The smallest absolute Gasteiger partial charge is 0.122 e. The van der Waals surface area contributed by atoms with Crippen LogP contribution >= 0.6 is 11.8 Å². The first-order valence-electron chi connectivity index (χ1n) is 6.43. The van der Waals surface area contributed by atoms with Crippen molar-refractivity contribution in [3.8, 4) is 5.75 Å². The minimum absolute atomic E-state index is 0.755. The maximum absolute atomic E-state index is 5.89. The Bertz CT molecular complexity index is 354. The SMILES string of the molecule is NCCSCCOc1cccc2c1CCCC2. The normalized spacial score (nSPS) is 14.4. The molecule has 1 aliphatic rings. The van der Waals surface area contributed by atoms with Crippen molar-refractivity contribution in [2.45, 2.75) is 25.7 Å². The van der Waals surface area contributed by atoms with Gasteiger partial charge in [0.2, 0.25) is 0 Å². The summed E-state index contributed by atoms with van der Waals surface area (Å²) >= 11 is 1.86. The largest absolute Gasteiger partial charge is 0.492 e. The minimum atomic E-state index is 0.755. The Morgan fingerprint density at radius 1 is 1.18 bits per heavy atom. The van der Waals surface area contributed by atoms with Crippen LogP contribution in [0.5, 0.6) is 5.75 Å². The van der Waals surface area contributed by atoms with Gasteiger partial charge in [0.05, 0.1) is 6.61 Å². The summed E-state index contributed by atoms with van der Waals surface area (Å²) in [4.78, 5) is 0. The van der Waals surface area contributed by atoms with Gasteiger partial charge in [-0.2, -0.15) is 11.8 Å². The Kier molecular flexibility index (Phi) is 5.20. The summed E-state index contributed by atoms with van der Waals surface area (Å²) in [7, 11) is 0. The Labute approximate surface area is 108 Å². The van der Waals surface area contributed by atoms with Gasteiger partial charge in [0.25, 0.3) is 0 Å². The lowest BCUT2D eigenvalue weighted by molar-refractivity contribution is 0.338. The van der Waals surface area contributed by atoms with Gasteiger partial charge in [-0.15, -0.1) is 0 Å². The number of fused-ring (bicyclic) bond motifs is 1. The average molecular weight is 251 g/mol. The molecule has 1 aliphatic carbocycles. The van der Waals surface area contributed by atoms with E-state index in [9.17, 15) is 0 Å². The van der Waals surface area contributed by atoms with Crippen LogP contribution in [0.25, 0.3) is 0 Å². The second-order valence-electron chi connectivity index (χ2n) is 4.35. The van der Waals surface area contributed by atoms with E-state index in [4.69, 9.17) is 10.5 Å². The number of benzene rings is 1. The van der Waals surface area contributed by atoms with Crippen molar-refractivity contribution in [2.24, 2.45) is 5.73 Å². The van der Waals surface area contributed by atoms with Crippen LogP contribution in [0.4, 0.5) is 0 Å². The highest BCUT2D eigenvalue weighted by molar-refractivity contribution is 7.99. The molecule has 0 fully saturated rings. The van der Waals surface area contributed by atoms with Crippen molar-refractivity contribution in [3.63, 3.8) is 0 Å². The second kappa shape index (κ2) is 6.92. The first-order chi connectivity index (χ1) is 8.42. The van der Waals surface area contributed by atoms with E-state index in [2.05, 4.69) is 18.2 Å². The first kappa shape index (κ1) is 12.8. The van der Waals surface area contributed by atoms with Crippen molar-refractivity contribution in [2.75, 3.05) is 24.7 Å². The molecule has 0 atom stereocenters. The molecule has 2 N–H and O–H groups in total. The number of ether oxygens (including phenoxy) is 1. The van der Waals surface area contributed by atoms with Gasteiger partial charge in [-0.3, -0.25) is 0 Å². The monoisotopic (exact) mass is 251 g/mol. The maximum atomic E-state index is 5.89. The predicted octanol–water partition coefficient (Wildman–Crippen LogP) is 2.64. The van der Waals surface area contributed by atoms with E-state index in [1.807, 2.05) is 11.8 Å². The molecule has 0 aromatic heterocycles. The quantitative estimate of drug-likeness (QED) is 0.789. The molecule has 0 aliphatic heterocycles. The molecule has 17 heavy (non-hydrogen) atoms. The lowest BCUT2D eigenvalue weighted by atomic mass is 9.91. The molecular weight excluding hydrogens is 230 g/mol. The Balaban J connectivity index is 1.87. The van der Waals surface area contributed by atoms with E-state index in [1.165, 1.54) is 36.8 Å². The van der Waals surface area contributed by atoms with E-state index in [0.29, 0.717) is 0 Å². The second-order valence-corrected chi connectivity index (χ2v) is 5.58. The fourth-order valence-corrected chi connectivity index (χ4v) is 2.85. The summed E-state index contributed by atoms with van der Waals surface area (Å²) < 4.78 is 5.89. The summed E-state index contributed by atoms with van der Waals surface area (Å²) in [6.07, 6.45) is 5.02. The van der Waals surface area contributed by atoms with Crippen molar-refractivity contribution in [3.05, 3.63) is 29.3 Å². The molecule has 0 saturated heterocycles. The third kappa shape index (κ3) is 3.65. The summed E-state index contributed by atoms with van der Waals surface area (Å²) in [6, 6.07) is 6.47. The fourth-order valence-electron chi connectivity index (χ4n) is 2.28. The van der Waals surface area contributed by atoms with Crippen LogP contribution in [0.15, 0.2) is 18.2 Å². The number of aryl methyl sites for hydroxylation is 1. The topological polar surface area (TPSA) is 35.2 Å². The van der Waals surface area contributed by atoms with Crippen LogP contribution in [0.2, 0.25) is 0 Å². The first-order valence-corrected chi connectivity index (χ1v) is 7.58. The van der Waals surface area contributed by atoms with Crippen LogP contribution in [0.1, 0.15) is 24.0 Å². The highest BCUT2D eigenvalue weighted by Crippen LogP contribution is 2.29. The molecule has 2 rings (SSSR count). The molecule has 0 unspecified atom stereocenters. The molecule has 94 valence electrons. The van der Waals surface area contributed by atoms with E-state index in [-0.39, 0.29) is 0 Å². The molecule has 0 amide bonds. The molecule has 1 aromatic carbocycles. The molecule has 2 nitrogen and oxygen atoms in total. The molecule has 0 saturated carbocycles. The maximum Gasteiger partial charge on any atom is 0.122 e. The van der Waals surface area contributed by atoms with Gasteiger partial charge in [-0.05, 0) is 42.9 Å². The Hall–Kier alpha value is -0.670. The molecular formula is C14H21NOS.